The molecule has 1 aromatic rings. The molecule has 116 valence electrons. The van der Waals surface area contributed by atoms with E-state index in [-0.39, 0.29) is 16.6 Å². The van der Waals surface area contributed by atoms with E-state index in [1.54, 1.807) is 0 Å². The van der Waals surface area contributed by atoms with E-state index in [1.807, 2.05) is 31.8 Å². The Hall–Kier alpha value is -1.00. The minimum atomic E-state index is 0.0233. The molecule has 0 radical (unpaired) electrons. The van der Waals surface area contributed by atoms with Crippen LogP contribution in [0.25, 0.3) is 0 Å². The summed E-state index contributed by atoms with van der Waals surface area (Å²) in [5.74, 6) is 0.180. The van der Waals surface area contributed by atoms with Crippen LogP contribution < -0.4 is 10.6 Å². The highest BCUT2D eigenvalue weighted by atomic mass is 32.2. The molecule has 0 spiro atoms. The van der Waals surface area contributed by atoms with Crippen LogP contribution in [-0.4, -0.2) is 30.8 Å². The third-order valence-corrected chi connectivity index (χ3v) is 5.63. The molecule has 1 amide bonds. The number of benzene rings is 1. The third kappa shape index (κ3) is 4.75. The van der Waals surface area contributed by atoms with Crippen molar-refractivity contribution in [2.45, 2.75) is 42.2 Å². The summed E-state index contributed by atoms with van der Waals surface area (Å²) in [4.78, 5) is 13.4. The van der Waals surface area contributed by atoms with Crippen LogP contribution >= 0.6 is 11.8 Å². The van der Waals surface area contributed by atoms with Crippen molar-refractivity contribution in [2.24, 2.45) is 5.92 Å². The fourth-order valence-electron chi connectivity index (χ4n) is 2.89. The van der Waals surface area contributed by atoms with Crippen LogP contribution in [0.2, 0.25) is 0 Å². The molecule has 1 atom stereocenters. The van der Waals surface area contributed by atoms with Crippen LogP contribution in [-0.2, 0) is 4.79 Å². The van der Waals surface area contributed by atoms with E-state index in [2.05, 4.69) is 34.9 Å². The Bertz CT molecular complexity index is 443. The minimum absolute atomic E-state index is 0.0233. The Kier molecular flexibility index (Phi) is 6.12. The van der Waals surface area contributed by atoms with Crippen molar-refractivity contribution in [3.8, 4) is 0 Å². The highest BCUT2D eigenvalue weighted by Crippen LogP contribution is 2.44. The quantitative estimate of drug-likeness (QED) is 0.813. The molecule has 4 heteroatoms. The fraction of sp³-hybridized carbons (Fsp3) is 0.588. The van der Waals surface area contributed by atoms with Gasteiger partial charge in [0, 0.05) is 28.6 Å². The predicted molar refractivity (Wildman–Crippen MR) is 89.6 cm³/mol. The molecule has 2 rings (SSSR count). The highest BCUT2D eigenvalue weighted by molar-refractivity contribution is 8.00. The molecule has 1 unspecified atom stereocenters. The predicted octanol–water partition coefficient (Wildman–Crippen LogP) is 3.06. The Balaban J connectivity index is 1.94. The molecule has 1 aromatic carbocycles. The summed E-state index contributed by atoms with van der Waals surface area (Å²) in [5.41, 5.74) is 0. The largest absolute Gasteiger partial charge is 0.354 e. The maximum atomic E-state index is 12.1. The van der Waals surface area contributed by atoms with E-state index in [4.69, 9.17) is 0 Å². The molecule has 0 aromatic heterocycles. The Morgan fingerprint density at radius 1 is 1.29 bits per heavy atom. The first-order valence-electron chi connectivity index (χ1n) is 7.82. The summed E-state index contributed by atoms with van der Waals surface area (Å²) < 4.78 is 0.177. The van der Waals surface area contributed by atoms with Crippen LogP contribution in [0.15, 0.2) is 35.2 Å². The Morgan fingerprint density at radius 3 is 2.57 bits per heavy atom. The maximum Gasteiger partial charge on any atom is 0.224 e. The molecule has 0 heterocycles. The van der Waals surface area contributed by atoms with Crippen LogP contribution in [0.3, 0.4) is 0 Å². The fourth-order valence-corrected chi connectivity index (χ4v) is 4.32. The van der Waals surface area contributed by atoms with Gasteiger partial charge in [-0.25, -0.2) is 0 Å². The van der Waals surface area contributed by atoms with Crippen molar-refractivity contribution in [1.29, 1.82) is 0 Å². The summed E-state index contributed by atoms with van der Waals surface area (Å²) in [7, 11) is 1.88. The van der Waals surface area contributed by atoms with E-state index in [9.17, 15) is 4.79 Å². The second-order valence-corrected chi connectivity index (χ2v) is 7.52. The summed E-state index contributed by atoms with van der Waals surface area (Å²) in [6.45, 7) is 3.47. The number of rotatable bonds is 7. The second kappa shape index (κ2) is 7.85. The monoisotopic (exact) mass is 306 g/mol. The number of hydrogen-bond donors (Lipinski definition) is 2. The maximum absolute atomic E-state index is 12.1. The van der Waals surface area contributed by atoms with Crippen molar-refractivity contribution in [1.82, 2.24) is 10.6 Å². The standard InChI is InChI=1S/C17H26N2OS/c1-14(12-18-2)16(20)19-13-17(10-6-7-11-17)21-15-8-4-3-5-9-15/h3-5,8-9,14,18H,6-7,10-13H2,1-2H3,(H,19,20). The number of carbonyl (C=O) groups is 1. The topological polar surface area (TPSA) is 41.1 Å². The van der Waals surface area contributed by atoms with Gasteiger partial charge in [-0.2, -0.15) is 0 Å². The lowest BCUT2D eigenvalue weighted by Crippen LogP contribution is -2.42. The number of amides is 1. The van der Waals surface area contributed by atoms with Gasteiger partial charge in [0.05, 0.1) is 0 Å². The number of thioether (sulfide) groups is 1. The average Bonchev–Trinajstić information content (AvgIpc) is 2.95. The summed E-state index contributed by atoms with van der Waals surface area (Å²) in [6.07, 6.45) is 4.91. The van der Waals surface area contributed by atoms with Crippen molar-refractivity contribution >= 4 is 17.7 Å². The normalized spacial score (nSPS) is 18.4. The van der Waals surface area contributed by atoms with Gasteiger partial charge >= 0.3 is 0 Å². The first-order chi connectivity index (χ1) is 10.2. The zero-order valence-corrected chi connectivity index (χ0v) is 13.8. The molecule has 21 heavy (non-hydrogen) atoms. The lowest BCUT2D eigenvalue weighted by molar-refractivity contribution is -0.124. The summed E-state index contributed by atoms with van der Waals surface area (Å²) in [5, 5.41) is 6.23. The molecule has 0 saturated heterocycles. The minimum Gasteiger partial charge on any atom is -0.354 e. The second-order valence-electron chi connectivity index (χ2n) is 5.98. The van der Waals surface area contributed by atoms with Gasteiger partial charge in [0.2, 0.25) is 5.91 Å². The van der Waals surface area contributed by atoms with Gasteiger partial charge < -0.3 is 10.6 Å². The highest BCUT2D eigenvalue weighted by Gasteiger charge is 2.35. The number of nitrogens with one attached hydrogen (secondary N) is 2. The van der Waals surface area contributed by atoms with Crippen molar-refractivity contribution in [3.63, 3.8) is 0 Å². The Morgan fingerprint density at radius 2 is 1.95 bits per heavy atom. The first-order valence-corrected chi connectivity index (χ1v) is 8.63. The Labute approximate surface area is 132 Å². The van der Waals surface area contributed by atoms with Crippen molar-refractivity contribution in [2.75, 3.05) is 20.1 Å². The lowest BCUT2D eigenvalue weighted by Gasteiger charge is -2.29. The zero-order chi connectivity index (χ0) is 15.1. The van der Waals surface area contributed by atoms with Gasteiger partial charge in [-0.3, -0.25) is 4.79 Å². The zero-order valence-electron chi connectivity index (χ0n) is 13.0. The average molecular weight is 306 g/mol. The molecule has 3 nitrogen and oxygen atoms in total. The molecule has 2 N–H and O–H groups in total. The molecule has 1 saturated carbocycles. The third-order valence-electron chi connectivity index (χ3n) is 4.14. The van der Waals surface area contributed by atoms with Crippen LogP contribution in [0.1, 0.15) is 32.6 Å². The van der Waals surface area contributed by atoms with E-state index in [0.717, 1.165) is 13.1 Å². The summed E-state index contributed by atoms with van der Waals surface area (Å²) >= 11 is 1.94. The van der Waals surface area contributed by atoms with Gasteiger partial charge in [-0.1, -0.05) is 38.0 Å². The molecular weight excluding hydrogens is 280 g/mol. The van der Waals surface area contributed by atoms with Gasteiger partial charge in [0.1, 0.15) is 0 Å². The first kappa shape index (κ1) is 16.4. The summed E-state index contributed by atoms with van der Waals surface area (Å²) in [6, 6.07) is 10.5. The SMILES string of the molecule is CNCC(C)C(=O)NCC1(Sc2ccccc2)CCCC1. The molecule has 1 aliphatic carbocycles. The molecule has 0 aliphatic heterocycles. The molecule has 1 aliphatic rings. The van der Waals surface area contributed by atoms with Gasteiger partial charge in [-0.05, 0) is 32.0 Å². The number of carbonyl (C=O) groups excluding carboxylic acids is 1. The lowest BCUT2D eigenvalue weighted by atomic mass is 10.1. The van der Waals surface area contributed by atoms with Crippen molar-refractivity contribution in [3.05, 3.63) is 30.3 Å². The van der Waals surface area contributed by atoms with Gasteiger partial charge in [-0.15, -0.1) is 11.8 Å². The van der Waals surface area contributed by atoms with Crippen LogP contribution in [0.4, 0.5) is 0 Å². The van der Waals surface area contributed by atoms with Gasteiger partial charge in [0.15, 0.2) is 0 Å². The van der Waals surface area contributed by atoms with Crippen molar-refractivity contribution < 1.29 is 4.79 Å². The van der Waals surface area contributed by atoms with Gasteiger partial charge in [0.25, 0.3) is 0 Å². The smallest absolute Gasteiger partial charge is 0.224 e. The molecular formula is C17H26N2OS. The van der Waals surface area contributed by atoms with E-state index in [0.29, 0.717) is 0 Å². The van der Waals surface area contributed by atoms with E-state index < -0.39 is 0 Å². The number of hydrogen-bond acceptors (Lipinski definition) is 3. The molecule has 1 fully saturated rings. The van der Waals surface area contributed by atoms with E-state index in [1.165, 1.54) is 30.6 Å². The van der Waals surface area contributed by atoms with Crippen LogP contribution in [0, 0.1) is 5.92 Å². The van der Waals surface area contributed by atoms with Crippen LogP contribution in [0.5, 0.6) is 0 Å². The van der Waals surface area contributed by atoms with E-state index >= 15 is 0 Å². The molecule has 0 bridgehead atoms.